The Hall–Kier alpha value is -0.340. The van der Waals surface area contributed by atoms with E-state index in [1.54, 1.807) is 5.57 Å². The van der Waals surface area contributed by atoms with E-state index >= 15 is 0 Å². The Labute approximate surface area is 93.3 Å². The first-order valence-corrected chi connectivity index (χ1v) is 6.51. The van der Waals surface area contributed by atoms with Crippen molar-refractivity contribution in [3.05, 3.63) is 11.6 Å². The van der Waals surface area contributed by atoms with Gasteiger partial charge in [-0.3, -0.25) is 0 Å². The van der Waals surface area contributed by atoms with Gasteiger partial charge in [-0.25, -0.2) is 0 Å². The van der Waals surface area contributed by atoms with E-state index in [4.69, 9.17) is 5.73 Å². The van der Waals surface area contributed by atoms with E-state index in [9.17, 15) is 0 Å². The largest absolute Gasteiger partial charge is 0.328 e. The molecule has 2 aliphatic rings. The molecule has 0 spiro atoms. The predicted molar refractivity (Wildman–Crippen MR) is 64.8 cm³/mol. The van der Waals surface area contributed by atoms with Crippen LogP contribution in [0.5, 0.6) is 0 Å². The van der Waals surface area contributed by atoms with Gasteiger partial charge in [-0.2, -0.15) is 0 Å². The summed E-state index contributed by atoms with van der Waals surface area (Å²) in [6.07, 6.45) is 12.8. The van der Waals surface area contributed by atoms with Gasteiger partial charge in [0.2, 0.25) is 0 Å². The summed E-state index contributed by atoms with van der Waals surface area (Å²) in [4.78, 5) is 0. The molecule has 0 radical (unpaired) electrons. The van der Waals surface area contributed by atoms with Crippen LogP contribution in [0, 0.1) is 0 Å². The molecular formula is C13H24N2. The number of nitrogens with one attached hydrogen (secondary N) is 1. The fourth-order valence-electron chi connectivity index (χ4n) is 2.77. The van der Waals surface area contributed by atoms with E-state index in [2.05, 4.69) is 11.4 Å². The molecule has 0 saturated heterocycles. The van der Waals surface area contributed by atoms with Gasteiger partial charge in [0.25, 0.3) is 0 Å². The standard InChI is InChI=1S/C13H24N2/c14-12-6-7-13(10-12)15-9-8-11-4-2-1-3-5-11/h4,12-13,15H,1-3,5-10,14H2. The highest BCUT2D eigenvalue weighted by Gasteiger charge is 2.20. The topological polar surface area (TPSA) is 38.0 Å². The van der Waals surface area contributed by atoms with Gasteiger partial charge < -0.3 is 11.1 Å². The molecule has 2 rings (SSSR count). The predicted octanol–water partition coefficient (Wildman–Crippen LogP) is 2.35. The molecule has 0 aromatic rings. The first-order chi connectivity index (χ1) is 7.34. The van der Waals surface area contributed by atoms with Crippen molar-refractivity contribution >= 4 is 0 Å². The zero-order valence-electron chi connectivity index (χ0n) is 9.67. The Balaban J connectivity index is 1.60. The fourth-order valence-corrected chi connectivity index (χ4v) is 2.77. The van der Waals surface area contributed by atoms with Gasteiger partial charge in [0.1, 0.15) is 0 Å². The second-order valence-electron chi connectivity index (χ2n) is 5.08. The Kier molecular flexibility index (Phi) is 4.21. The van der Waals surface area contributed by atoms with Crippen molar-refractivity contribution in [3.63, 3.8) is 0 Å². The van der Waals surface area contributed by atoms with Gasteiger partial charge in [0.05, 0.1) is 0 Å². The molecule has 2 atom stereocenters. The van der Waals surface area contributed by atoms with Crippen molar-refractivity contribution < 1.29 is 0 Å². The minimum Gasteiger partial charge on any atom is -0.328 e. The first-order valence-electron chi connectivity index (χ1n) is 6.51. The zero-order chi connectivity index (χ0) is 10.5. The normalized spacial score (nSPS) is 31.7. The summed E-state index contributed by atoms with van der Waals surface area (Å²) in [5.41, 5.74) is 7.57. The van der Waals surface area contributed by atoms with Crippen LogP contribution in [0.1, 0.15) is 51.4 Å². The van der Waals surface area contributed by atoms with Gasteiger partial charge in [0.15, 0.2) is 0 Å². The van der Waals surface area contributed by atoms with Crippen molar-refractivity contribution in [2.45, 2.75) is 63.5 Å². The summed E-state index contributed by atoms with van der Waals surface area (Å²) in [6, 6.07) is 1.15. The van der Waals surface area contributed by atoms with Crippen LogP contribution in [0.25, 0.3) is 0 Å². The molecule has 3 N–H and O–H groups in total. The van der Waals surface area contributed by atoms with Crippen molar-refractivity contribution in [1.82, 2.24) is 5.32 Å². The van der Waals surface area contributed by atoms with Gasteiger partial charge >= 0.3 is 0 Å². The van der Waals surface area contributed by atoms with Crippen LogP contribution in [0.3, 0.4) is 0 Å². The van der Waals surface area contributed by atoms with Gasteiger partial charge in [0, 0.05) is 12.1 Å². The van der Waals surface area contributed by atoms with Gasteiger partial charge in [-0.1, -0.05) is 11.6 Å². The highest BCUT2D eigenvalue weighted by Crippen LogP contribution is 2.20. The van der Waals surface area contributed by atoms with Crippen LogP contribution < -0.4 is 11.1 Å². The van der Waals surface area contributed by atoms with Crippen LogP contribution in [0.2, 0.25) is 0 Å². The third kappa shape index (κ3) is 3.62. The number of allylic oxidation sites excluding steroid dienone is 1. The molecule has 0 amide bonds. The van der Waals surface area contributed by atoms with Gasteiger partial charge in [-0.05, 0) is 57.9 Å². The lowest BCUT2D eigenvalue weighted by atomic mass is 9.97. The quantitative estimate of drug-likeness (QED) is 0.696. The molecule has 0 bridgehead atoms. The Morgan fingerprint density at radius 1 is 1.33 bits per heavy atom. The molecule has 2 aliphatic carbocycles. The maximum Gasteiger partial charge on any atom is 0.00824 e. The maximum atomic E-state index is 5.89. The molecule has 1 saturated carbocycles. The highest BCUT2D eigenvalue weighted by molar-refractivity contribution is 5.05. The molecule has 2 nitrogen and oxygen atoms in total. The summed E-state index contributed by atoms with van der Waals surface area (Å²) >= 11 is 0. The lowest BCUT2D eigenvalue weighted by Crippen LogP contribution is -2.29. The summed E-state index contributed by atoms with van der Waals surface area (Å²) in [6.45, 7) is 1.16. The van der Waals surface area contributed by atoms with Crippen molar-refractivity contribution in [3.8, 4) is 0 Å². The fraction of sp³-hybridized carbons (Fsp3) is 0.846. The molecule has 0 aromatic carbocycles. The van der Waals surface area contributed by atoms with Crippen LogP contribution in [0.15, 0.2) is 11.6 Å². The second-order valence-corrected chi connectivity index (χ2v) is 5.08. The Morgan fingerprint density at radius 3 is 2.93 bits per heavy atom. The minimum atomic E-state index is 0.455. The number of nitrogens with two attached hydrogens (primary N) is 1. The van der Waals surface area contributed by atoms with Crippen LogP contribution >= 0.6 is 0 Å². The summed E-state index contributed by atoms with van der Waals surface area (Å²) in [7, 11) is 0. The van der Waals surface area contributed by atoms with Crippen molar-refractivity contribution in [1.29, 1.82) is 0 Å². The lowest BCUT2D eigenvalue weighted by Gasteiger charge is -2.15. The molecule has 0 aromatic heterocycles. The smallest absolute Gasteiger partial charge is 0.00824 e. The Morgan fingerprint density at radius 2 is 2.27 bits per heavy atom. The maximum absolute atomic E-state index is 5.89. The first kappa shape index (κ1) is 11.2. The average molecular weight is 208 g/mol. The molecular weight excluding hydrogens is 184 g/mol. The lowest BCUT2D eigenvalue weighted by molar-refractivity contribution is 0.514. The molecule has 2 unspecified atom stereocenters. The second kappa shape index (κ2) is 5.66. The number of rotatable bonds is 4. The molecule has 0 heterocycles. The van der Waals surface area contributed by atoms with E-state index < -0.39 is 0 Å². The monoisotopic (exact) mass is 208 g/mol. The van der Waals surface area contributed by atoms with Crippen molar-refractivity contribution in [2.24, 2.45) is 5.73 Å². The third-order valence-corrected chi connectivity index (χ3v) is 3.74. The van der Waals surface area contributed by atoms with E-state index in [0.717, 1.165) is 6.54 Å². The van der Waals surface area contributed by atoms with E-state index in [1.165, 1.54) is 51.4 Å². The SMILES string of the molecule is NC1CCC(NCCC2=CCCCC2)C1. The van der Waals surface area contributed by atoms with Crippen LogP contribution in [0.4, 0.5) is 0 Å². The minimum absolute atomic E-state index is 0.455. The average Bonchev–Trinajstić information content (AvgIpc) is 2.66. The summed E-state index contributed by atoms with van der Waals surface area (Å²) in [5, 5.41) is 3.64. The van der Waals surface area contributed by atoms with Crippen LogP contribution in [-0.4, -0.2) is 18.6 Å². The van der Waals surface area contributed by atoms with Crippen LogP contribution in [-0.2, 0) is 0 Å². The highest BCUT2D eigenvalue weighted by atomic mass is 14.9. The van der Waals surface area contributed by atoms with Gasteiger partial charge in [-0.15, -0.1) is 0 Å². The third-order valence-electron chi connectivity index (χ3n) is 3.74. The molecule has 0 aliphatic heterocycles. The van der Waals surface area contributed by atoms with E-state index in [1.807, 2.05) is 0 Å². The summed E-state index contributed by atoms with van der Waals surface area (Å²) in [5.74, 6) is 0. The van der Waals surface area contributed by atoms with E-state index in [-0.39, 0.29) is 0 Å². The Bertz CT molecular complexity index is 223. The molecule has 15 heavy (non-hydrogen) atoms. The zero-order valence-corrected chi connectivity index (χ0v) is 9.67. The molecule has 2 heteroatoms. The molecule has 1 fully saturated rings. The number of hydrogen-bond acceptors (Lipinski definition) is 2. The molecule has 86 valence electrons. The van der Waals surface area contributed by atoms with E-state index in [0.29, 0.717) is 12.1 Å². The number of hydrogen-bond donors (Lipinski definition) is 2. The van der Waals surface area contributed by atoms with Crippen molar-refractivity contribution in [2.75, 3.05) is 6.54 Å². The summed E-state index contributed by atoms with van der Waals surface area (Å²) < 4.78 is 0.